The number of benzene rings is 1. The molecule has 3 rings (SSSR count). The van der Waals surface area contributed by atoms with Crippen LogP contribution in [0.3, 0.4) is 0 Å². The van der Waals surface area contributed by atoms with E-state index in [2.05, 4.69) is 4.98 Å². The summed E-state index contributed by atoms with van der Waals surface area (Å²) in [6.07, 6.45) is 5.21. The molecule has 19 heavy (non-hydrogen) atoms. The van der Waals surface area contributed by atoms with Gasteiger partial charge in [-0.3, -0.25) is 0 Å². The first-order valence-electron chi connectivity index (χ1n) is 6.61. The van der Waals surface area contributed by atoms with E-state index in [1.165, 1.54) is 0 Å². The van der Waals surface area contributed by atoms with Crippen molar-refractivity contribution in [2.24, 2.45) is 0 Å². The number of aromatic nitrogens is 1. The first kappa shape index (κ1) is 12.7. The van der Waals surface area contributed by atoms with Crippen LogP contribution in [0.1, 0.15) is 25.7 Å². The standard InChI is InChI=1S/C15H16ClNO2/c16-15-14-5-4-13(8-10(14)6-7-17-15)19-12-3-1-2-11(18)9-12/h4-8,11-12,18H,1-3,9H2/t11-,12+/m0/s1. The number of ether oxygens (including phenoxy) is 1. The van der Waals surface area contributed by atoms with Gasteiger partial charge in [-0.2, -0.15) is 0 Å². The number of rotatable bonds is 2. The summed E-state index contributed by atoms with van der Waals surface area (Å²) < 4.78 is 5.95. The smallest absolute Gasteiger partial charge is 0.136 e. The van der Waals surface area contributed by atoms with E-state index < -0.39 is 0 Å². The topological polar surface area (TPSA) is 42.4 Å². The average Bonchev–Trinajstić information content (AvgIpc) is 2.39. The van der Waals surface area contributed by atoms with Crippen molar-refractivity contribution < 1.29 is 9.84 Å². The molecule has 3 nitrogen and oxygen atoms in total. The van der Waals surface area contributed by atoms with Crippen molar-refractivity contribution in [1.29, 1.82) is 0 Å². The van der Waals surface area contributed by atoms with E-state index in [1.54, 1.807) is 6.20 Å². The minimum Gasteiger partial charge on any atom is -0.490 e. The van der Waals surface area contributed by atoms with E-state index in [1.807, 2.05) is 24.3 Å². The van der Waals surface area contributed by atoms with E-state index in [-0.39, 0.29) is 12.2 Å². The molecule has 1 fully saturated rings. The van der Waals surface area contributed by atoms with Gasteiger partial charge in [0.2, 0.25) is 0 Å². The Kier molecular flexibility index (Phi) is 3.58. The summed E-state index contributed by atoms with van der Waals surface area (Å²) in [5.74, 6) is 0.828. The normalized spacial score (nSPS) is 23.5. The fourth-order valence-corrected chi connectivity index (χ4v) is 2.84. The van der Waals surface area contributed by atoms with E-state index in [0.29, 0.717) is 5.15 Å². The lowest BCUT2D eigenvalue weighted by Crippen LogP contribution is -2.28. The number of aliphatic hydroxyl groups is 1. The summed E-state index contributed by atoms with van der Waals surface area (Å²) in [5, 5.41) is 12.1. The third-order valence-corrected chi connectivity index (χ3v) is 3.89. The Morgan fingerprint density at radius 2 is 2.16 bits per heavy atom. The van der Waals surface area contributed by atoms with Crippen molar-refractivity contribution in [1.82, 2.24) is 4.98 Å². The molecule has 1 aliphatic carbocycles. The zero-order chi connectivity index (χ0) is 13.2. The zero-order valence-corrected chi connectivity index (χ0v) is 11.3. The highest BCUT2D eigenvalue weighted by Crippen LogP contribution is 2.28. The minimum absolute atomic E-state index is 0.110. The largest absolute Gasteiger partial charge is 0.490 e. The molecule has 2 atom stereocenters. The Bertz CT molecular complexity index is 587. The summed E-state index contributed by atoms with van der Waals surface area (Å²) in [5.41, 5.74) is 0. The van der Waals surface area contributed by atoms with Crippen LogP contribution in [0.4, 0.5) is 0 Å². The quantitative estimate of drug-likeness (QED) is 0.854. The van der Waals surface area contributed by atoms with Crippen LogP contribution in [-0.4, -0.2) is 22.3 Å². The molecule has 0 aliphatic heterocycles. The van der Waals surface area contributed by atoms with Crippen molar-refractivity contribution in [3.8, 4) is 5.75 Å². The fourth-order valence-electron chi connectivity index (χ4n) is 2.61. The monoisotopic (exact) mass is 277 g/mol. The van der Waals surface area contributed by atoms with Gasteiger partial charge in [-0.15, -0.1) is 0 Å². The van der Waals surface area contributed by atoms with Gasteiger partial charge in [0.05, 0.1) is 6.10 Å². The fraction of sp³-hybridized carbons (Fsp3) is 0.400. The average molecular weight is 278 g/mol. The molecule has 0 unspecified atom stereocenters. The van der Waals surface area contributed by atoms with Crippen LogP contribution in [0.15, 0.2) is 30.5 Å². The molecule has 1 aromatic heterocycles. The van der Waals surface area contributed by atoms with Gasteiger partial charge >= 0.3 is 0 Å². The van der Waals surface area contributed by atoms with Crippen LogP contribution in [0.5, 0.6) is 5.75 Å². The van der Waals surface area contributed by atoms with Crippen molar-refractivity contribution in [3.63, 3.8) is 0 Å². The third-order valence-electron chi connectivity index (χ3n) is 3.59. The summed E-state index contributed by atoms with van der Waals surface area (Å²) in [4.78, 5) is 4.05. The molecule has 100 valence electrons. The van der Waals surface area contributed by atoms with Gasteiger partial charge < -0.3 is 9.84 Å². The first-order chi connectivity index (χ1) is 9.22. The highest BCUT2D eigenvalue weighted by atomic mass is 35.5. The van der Waals surface area contributed by atoms with Gasteiger partial charge in [-0.05, 0) is 48.9 Å². The van der Waals surface area contributed by atoms with Crippen LogP contribution >= 0.6 is 11.6 Å². The summed E-state index contributed by atoms with van der Waals surface area (Å²) in [6, 6.07) is 7.74. The van der Waals surface area contributed by atoms with Gasteiger partial charge in [0.1, 0.15) is 17.0 Å². The van der Waals surface area contributed by atoms with Gasteiger partial charge in [-0.25, -0.2) is 4.98 Å². The zero-order valence-electron chi connectivity index (χ0n) is 10.6. The molecular formula is C15H16ClNO2. The number of halogens is 1. The minimum atomic E-state index is -0.224. The third kappa shape index (κ3) is 2.82. The second kappa shape index (κ2) is 5.35. The predicted molar refractivity (Wildman–Crippen MR) is 75.6 cm³/mol. The molecule has 1 heterocycles. The van der Waals surface area contributed by atoms with Crippen LogP contribution in [0, 0.1) is 0 Å². The summed E-state index contributed by atoms with van der Waals surface area (Å²) >= 11 is 6.04. The lowest BCUT2D eigenvalue weighted by molar-refractivity contribution is 0.0537. The number of nitrogens with zero attached hydrogens (tertiary/aromatic N) is 1. The molecule has 1 saturated carbocycles. The Morgan fingerprint density at radius 1 is 1.26 bits per heavy atom. The molecule has 0 saturated heterocycles. The lowest BCUT2D eigenvalue weighted by Gasteiger charge is -2.26. The molecule has 1 N–H and O–H groups in total. The summed E-state index contributed by atoms with van der Waals surface area (Å²) in [7, 11) is 0. The number of pyridine rings is 1. The molecular weight excluding hydrogens is 262 g/mol. The molecule has 0 spiro atoms. The molecule has 1 aromatic carbocycles. The van der Waals surface area contributed by atoms with Crippen LogP contribution < -0.4 is 4.74 Å². The second-order valence-electron chi connectivity index (χ2n) is 5.04. The number of aliphatic hydroxyl groups excluding tert-OH is 1. The van der Waals surface area contributed by atoms with E-state index in [0.717, 1.165) is 42.2 Å². The van der Waals surface area contributed by atoms with Gasteiger partial charge in [0.25, 0.3) is 0 Å². The van der Waals surface area contributed by atoms with E-state index >= 15 is 0 Å². The maximum Gasteiger partial charge on any atom is 0.136 e. The molecule has 0 bridgehead atoms. The van der Waals surface area contributed by atoms with Crippen molar-refractivity contribution in [3.05, 3.63) is 35.6 Å². The predicted octanol–water partition coefficient (Wildman–Crippen LogP) is 3.57. The van der Waals surface area contributed by atoms with E-state index in [4.69, 9.17) is 16.3 Å². The number of fused-ring (bicyclic) bond motifs is 1. The highest BCUT2D eigenvalue weighted by molar-refractivity contribution is 6.34. The van der Waals surface area contributed by atoms with E-state index in [9.17, 15) is 5.11 Å². The van der Waals surface area contributed by atoms with Crippen molar-refractivity contribution in [2.75, 3.05) is 0 Å². The Morgan fingerprint density at radius 3 is 3.00 bits per heavy atom. The Labute approximate surface area is 117 Å². The molecule has 0 amide bonds. The molecule has 2 aromatic rings. The number of hydrogen-bond donors (Lipinski definition) is 1. The summed E-state index contributed by atoms with van der Waals surface area (Å²) in [6.45, 7) is 0. The number of hydrogen-bond acceptors (Lipinski definition) is 3. The van der Waals surface area contributed by atoms with Gasteiger partial charge in [-0.1, -0.05) is 11.6 Å². The first-order valence-corrected chi connectivity index (χ1v) is 6.99. The highest BCUT2D eigenvalue weighted by Gasteiger charge is 2.21. The van der Waals surface area contributed by atoms with Crippen molar-refractivity contribution >= 4 is 22.4 Å². The second-order valence-corrected chi connectivity index (χ2v) is 5.40. The van der Waals surface area contributed by atoms with Crippen LogP contribution in [0.25, 0.3) is 10.8 Å². The van der Waals surface area contributed by atoms with Crippen molar-refractivity contribution in [2.45, 2.75) is 37.9 Å². The Balaban J connectivity index is 1.81. The molecule has 0 radical (unpaired) electrons. The van der Waals surface area contributed by atoms with Crippen LogP contribution in [-0.2, 0) is 0 Å². The lowest BCUT2D eigenvalue weighted by atomic mass is 9.95. The molecule has 1 aliphatic rings. The van der Waals surface area contributed by atoms with Gasteiger partial charge in [0.15, 0.2) is 0 Å². The Hall–Kier alpha value is -1.32. The SMILES string of the molecule is O[C@H]1CCC[C@@H](Oc2ccc3c(Cl)nccc3c2)C1. The van der Waals surface area contributed by atoms with Crippen LogP contribution in [0.2, 0.25) is 5.15 Å². The maximum absolute atomic E-state index is 9.66. The molecule has 4 heteroatoms. The van der Waals surface area contributed by atoms with Gasteiger partial charge in [0, 0.05) is 18.0 Å². The maximum atomic E-state index is 9.66.